The number of thiophene rings is 1. The van der Waals surface area contributed by atoms with E-state index in [1.807, 2.05) is 23.5 Å². The van der Waals surface area contributed by atoms with Gasteiger partial charge in [-0.05, 0) is 65.0 Å². The average molecular weight is 734 g/mol. The van der Waals surface area contributed by atoms with Gasteiger partial charge in [0.25, 0.3) is 0 Å². The van der Waals surface area contributed by atoms with Crippen molar-refractivity contribution in [3.05, 3.63) is 188 Å². The molecule has 3 aromatic heterocycles. The van der Waals surface area contributed by atoms with Gasteiger partial charge >= 0.3 is 0 Å². The maximum Gasteiger partial charge on any atom is 0.143 e. The molecule has 0 aliphatic heterocycles. The van der Waals surface area contributed by atoms with Gasteiger partial charge in [0.1, 0.15) is 22.3 Å². The van der Waals surface area contributed by atoms with Crippen LogP contribution in [0, 0.1) is 0 Å². The van der Waals surface area contributed by atoms with Gasteiger partial charge < -0.3 is 13.7 Å². The van der Waals surface area contributed by atoms with Crippen LogP contribution >= 0.6 is 11.3 Å². The molecule has 0 aliphatic rings. The van der Waals surface area contributed by atoms with E-state index in [1.54, 1.807) is 0 Å². The van der Waals surface area contributed by atoms with Crippen LogP contribution in [0.25, 0.3) is 97.1 Å². The third-order valence-electron chi connectivity index (χ3n) is 11.3. The van der Waals surface area contributed by atoms with Crippen LogP contribution in [-0.4, -0.2) is 0 Å². The summed E-state index contributed by atoms with van der Waals surface area (Å²) in [6.45, 7) is 0. The Morgan fingerprint density at radius 3 is 1.93 bits per heavy atom. The number of nitrogens with zero attached hydrogens (tertiary/aromatic N) is 1. The Bertz CT molecular complexity index is 3500. The number of furan rings is 2. The van der Waals surface area contributed by atoms with Crippen LogP contribution < -0.4 is 4.90 Å². The molecule has 0 spiro atoms. The summed E-state index contributed by atoms with van der Waals surface area (Å²) in [6, 6.07) is 67.1. The maximum atomic E-state index is 6.90. The molecule has 0 amide bonds. The molecule has 0 atom stereocenters. The van der Waals surface area contributed by atoms with Crippen molar-refractivity contribution in [3.8, 4) is 22.3 Å². The van der Waals surface area contributed by atoms with Gasteiger partial charge in [-0.2, -0.15) is 0 Å². The van der Waals surface area contributed by atoms with Crippen molar-refractivity contribution in [2.75, 3.05) is 4.90 Å². The van der Waals surface area contributed by atoms with Gasteiger partial charge in [0.15, 0.2) is 0 Å². The van der Waals surface area contributed by atoms with Crippen molar-refractivity contribution >= 4 is 103 Å². The van der Waals surface area contributed by atoms with E-state index in [9.17, 15) is 0 Å². The van der Waals surface area contributed by atoms with Crippen LogP contribution in [0.4, 0.5) is 17.1 Å². The summed E-state index contributed by atoms with van der Waals surface area (Å²) in [5.41, 5.74) is 11.2. The highest BCUT2D eigenvalue weighted by Gasteiger charge is 2.24. The number of anilines is 3. The van der Waals surface area contributed by atoms with E-state index in [0.29, 0.717) is 0 Å². The summed E-state index contributed by atoms with van der Waals surface area (Å²) in [6.07, 6.45) is 0. The Morgan fingerprint density at radius 2 is 1.02 bits per heavy atom. The van der Waals surface area contributed by atoms with E-state index < -0.39 is 0 Å². The van der Waals surface area contributed by atoms with Crippen molar-refractivity contribution in [1.82, 2.24) is 0 Å². The fourth-order valence-corrected chi connectivity index (χ4v) is 9.99. The molecular formula is C52H31NO2S. The molecule has 0 bridgehead atoms. The van der Waals surface area contributed by atoms with Crippen LogP contribution in [0.1, 0.15) is 0 Å². The molecule has 0 unspecified atom stereocenters. The van der Waals surface area contributed by atoms with Crippen molar-refractivity contribution in [3.63, 3.8) is 0 Å². The van der Waals surface area contributed by atoms with Gasteiger partial charge in [-0.3, -0.25) is 0 Å². The molecule has 9 aromatic carbocycles. The van der Waals surface area contributed by atoms with Crippen LogP contribution in [0.15, 0.2) is 197 Å². The van der Waals surface area contributed by atoms with Crippen LogP contribution in [0.2, 0.25) is 0 Å². The lowest BCUT2D eigenvalue weighted by molar-refractivity contribution is 0.669. The standard InChI is InChI=1S/C52H31NO2S/c1-2-13-35-32(12-1)28-31-41-40-19-10-18-39(51(40)55-50(35)41)37-14-3-6-21-44(37)53(45-22-11-24-47-49(45)43-16-4-7-23-46(43)54-47)34-29-26-33(27-30-34)36-17-9-20-42-38-15-5-8-25-48(38)56-52(36)42/h1-31H. The Labute approximate surface area is 325 Å². The van der Waals surface area contributed by atoms with E-state index in [0.717, 1.165) is 77.5 Å². The van der Waals surface area contributed by atoms with Crippen molar-refractivity contribution in [1.29, 1.82) is 0 Å². The molecule has 56 heavy (non-hydrogen) atoms. The Hall–Kier alpha value is -7.14. The zero-order valence-corrected chi connectivity index (χ0v) is 30.9. The van der Waals surface area contributed by atoms with Crippen LogP contribution in [-0.2, 0) is 0 Å². The average Bonchev–Trinajstić information content (AvgIpc) is 3.96. The first-order chi connectivity index (χ1) is 27.8. The highest BCUT2D eigenvalue weighted by molar-refractivity contribution is 7.26. The van der Waals surface area contributed by atoms with Gasteiger partial charge in [0.2, 0.25) is 0 Å². The van der Waals surface area contributed by atoms with E-state index in [-0.39, 0.29) is 0 Å². The molecular weight excluding hydrogens is 703 g/mol. The molecule has 0 radical (unpaired) electrons. The topological polar surface area (TPSA) is 29.5 Å². The van der Waals surface area contributed by atoms with E-state index in [2.05, 4.69) is 181 Å². The minimum absolute atomic E-state index is 0.852. The van der Waals surface area contributed by atoms with Crippen molar-refractivity contribution in [2.45, 2.75) is 0 Å². The SMILES string of the molecule is c1ccc(N(c2ccc(-c3cccc4c3sc3ccccc34)cc2)c2cccc3oc4ccccc4c23)c(-c2cccc3c2oc2c4ccccc4ccc32)c1. The molecule has 262 valence electrons. The molecule has 3 heterocycles. The molecule has 4 heteroatoms. The lowest BCUT2D eigenvalue weighted by Crippen LogP contribution is -2.11. The lowest BCUT2D eigenvalue weighted by atomic mass is 9.98. The molecule has 3 nitrogen and oxygen atoms in total. The van der Waals surface area contributed by atoms with E-state index >= 15 is 0 Å². The maximum absolute atomic E-state index is 6.90. The minimum Gasteiger partial charge on any atom is -0.456 e. The highest BCUT2D eigenvalue weighted by Crippen LogP contribution is 2.48. The predicted molar refractivity (Wildman–Crippen MR) is 237 cm³/mol. The zero-order valence-electron chi connectivity index (χ0n) is 30.1. The van der Waals surface area contributed by atoms with Gasteiger partial charge in [0.05, 0.1) is 16.8 Å². The molecule has 0 saturated carbocycles. The summed E-state index contributed by atoms with van der Waals surface area (Å²) in [5, 5.41) is 9.27. The first-order valence-corrected chi connectivity index (χ1v) is 19.7. The van der Waals surface area contributed by atoms with Gasteiger partial charge in [-0.15, -0.1) is 11.3 Å². The summed E-state index contributed by atoms with van der Waals surface area (Å²) in [5.74, 6) is 0. The first kappa shape index (κ1) is 31.2. The van der Waals surface area contributed by atoms with Crippen LogP contribution in [0.3, 0.4) is 0 Å². The van der Waals surface area contributed by atoms with Crippen molar-refractivity contribution < 1.29 is 8.83 Å². The minimum atomic E-state index is 0.852. The third-order valence-corrected chi connectivity index (χ3v) is 12.5. The Balaban J connectivity index is 1.09. The number of benzene rings is 9. The van der Waals surface area contributed by atoms with E-state index in [1.165, 1.54) is 36.7 Å². The molecule has 0 fully saturated rings. The summed E-state index contributed by atoms with van der Waals surface area (Å²) < 4.78 is 16.0. The molecule has 0 aliphatic carbocycles. The molecule has 12 rings (SSSR count). The largest absolute Gasteiger partial charge is 0.456 e. The summed E-state index contributed by atoms with van der Waals surface area (Å²) >= 11 is 1.86. The normalized spacial score (nSPS) is 11.9. The quantitative estimate of drug-likeness (QED) is 0.176. The molecule has 12 aromatic rings. The number of hydrogen-bond donors (Lipinski definition) is 0. The summed E-state index contributed by atoms with van der Waals surface area (Å²) in [4.78, 5) is 2.39. The van der Waals surface area contributed by atoms with Crippen molar-refractivity contribution in [2.24, 2.45) is 0 Å². The number of para-hydroxylation sites is 3. The Kier molecular flexibility index (Phi) is 6.80. The second kappa shape index (κ2) is 12.2. The summed E-state index contributed by atoms with van der Waals surface area (Å²) in [7, 11) is 0. The number of hydrogen-bond acceptors (Lipinski definition) is 4. The fraction of sp³-hybridized carbons (Fsp3) is 0. The second-order valence-corrected chi connectivity index (χ2v) is 15.4. The first-order valence-electron chi connectivity index (χ1n) is 18.9. The fourth-order valence-electron chi connectivity index (χ4n) is 8.75. The molecule has 0 N–H and O–H groups in total. The zero-order chi connectivity index (χ0) is 36.7. The number of fused-ring (bicyclic) bond motifs is 11. The smallest absolute Gasteiger partial charge is 0.143 e. The predicted octanol–water partition coefficient (Wildman–Crippen LogP) is 15.8. The van der Waals surface area contributed by atoms with Gasteiger partial charge in [-0.25, -0.2) is 0 Å². The van der Waals surface area contributed by atoms with Gasteiger partial charge in [0, 0.05) is 58.5 Å². The highest BCUT2D eigenvalue weighted by atomic mass is 32.1. The third kappa shape index (κ3) is 4.63. The second-order valence-electron chi connectivity index (χ2n) is 14.4. The monoisotopic (exact) mass is 733 g/mol. The van der Waals surface area contributed by atoms with Gasteiger partial charge in [-0.1, -0.05) is 140 Å². The number of rotatable bonds is 5. The van der Waals surface area contributed by atoms with Crippen LogP contribution in [0.5, 0.6) is 0 Å². The van der Waals surface area contributed by atoms with E-state index in [4.69, 9.17) is 8.83 Å². The lowest BCUT2D eigenvalue weighted by Gasteiger charge is -2.28. The molecule has 0 saturated heterocycles. The Morgan fingerprint density at radius 1 is 0.375 bits per heavy atom.